The van der Waals surface area contributed by atoms with Crippen LogP contribution in [0.2, 0.25) is 0 Å². The third kappa shape index (κ3) is 2.86. The molecule has 0 aliphatic rings. The van der Waals surface area contributed by atoms with Crippen molar-refractivity contribution in [2.45, 2.75) is 13.8 Å². The first kappa shape index (κ1) is 14.8. The first-order chi connectivity index (χ1) is 11.7. The van der Waals surface area contributed by atoms with Gasteiger partial charge in [-0.15, -0.1) is 11.3 Å². The molecule has 0 aliphatic heterocycles. The molecule has 0 saturated carbocycles. The predicted octanol–water partition coefficient (Wildman–Crippen LogP) is 5.11. The Morgan fingerprint density at radius 2 is 1.79 bits per heavy atom. The molecule has 0 spiro atoms. The molecule has 0 radical (unpaired) electrons. The number of rotatable bonds is 3. The Kier molecular flexibility index (Phi) is 3.70. The number of thiazole rings is 1. The van der Waals surface area contributed by atoms with Gasteiger partial charge in [0.2, 0.25) is 0 Å². The van der Waals surface area contributed by atoms with Crippen molar-refractivity contribution >= 4 is 33.3 Å². The lowest BCUT2D eigenvalue weighted by Gasteiger charge is -2.07. The summed E-state index contributed by atoms with van der Waals surface area (Å²) in [6.07, 6.45) is 3.68. The largest absolute Gasteiger partial charge is 0.316 e. The zero-order valence-corrected chi connectivity index (χ0v) is 14.3. The van der Waals surface area contributed by atoms with Crippen LogP contribution in [0.25, 0.3) is 22.2 Å². The summed E-state index contributed by atoms with van der Waals surface area (Å²) in [5.41, 5.74) is 6.55. The van der Waals surface area contributed by atoms with Crippen LogP contribution >= 0.6 is 11.3 Å². The first-order valence-corrected chi connectivity index (χ1v) is 8.58. The molecule has 1 N–H and O–H groups in total. The molecule has 5 heteroatoms. The molecule has 0 atom stereocenters. The Morgan fingerprint density at radius 1 is 0.875 bits per heavy atom. The highest BCUT2D eigenvalue weighted by Gasteiger charge is 2.05. The number of nitrogens with one attached hydrogen (secondary N) is 1. The van der Waals surface area contributed by atoms with Gasteiger partial charge in [0.05, 0.1) is 11.0 Å². The van der Waals surface area contributed by atoms with E-state index in [-0.39, 0.29) is 0 Å². The molecule has 0 aliphatic carbocycles. The van der Waals surface area contributed by atoms with E-state index in [4.69, 9.17) is 0 Å². The van der Waals surface area contributed by atoms with Crippen LogP contribution in [0.5, 0.6) is 0 Å². The number of nitrogens with zero attached hydrogens (tertiary/aromatic N) is 3. The van der Waals surface area contributed by atoms with E-state index in [1.807, 2.05) is 23.7 Å². The van der Waals surface area contributed by atoms with Crippen molar-refractivity contribution in [3.05, 3.63) is 65.3 Å². The molecule has 1 aromatic carbocycles. The van der Waals surface area contributed by atoms with Gasteiger partial charge < -0.3 is 5.32 Å². The maximum atomic E-state index is 4.67. The zero-order valence-electron chi connectivity index (χ0n) is 13.4. The molecule has 0 amide bonds. The second-order valence-electron chi connectivity index (χ2n) is 5.72. The third-order valence-corrected chi connectivity index (χ3v) is 4.73. The topological polar surface area (TPSA) is 50.7 Å². The number of benzene rings is 1. The average molecular weight is 332 g/mol. The molecule has 0 saturated heterocycles. The number of aryl methyl sites for hydroxylation is 2. The van der Waals surface area contributed by atoms with Crippen LogP contribution in [0.1, 0.15) is 11.1 Å². The maximum absolute atomic E-state index is 4.67. The Balaban J connectivity index is 1.74. The lowest BCUT2D eigenvalue weighted by molar-refractivity contribution is 1.30. The molecule has 118 valence electrons. The third-order valence-electron chi connectivity index (χ3n) is 4.04. The molecule has 0 fully saturated rings. The normalized spacial score (nSPS) is 10.9. The molecular formula is C19H16N4S. The molecule has 4 rings (SSSR count). The second-order valence-corrected chi connectivity index (χ2v) is 6.61. The van der Waals surface area contributed by atoms with Crippen molar-refractivity contribution in [3.8, 4) is 11.1 Å². The van der Waals surface area contributed by atoms with E-state index in [0.29, 0.717) is 0 Å². The van der Waals surface area contributed by atoms with Crippen LogP contribution < -0.4 is 5.32 Å². The standard InChI is InChI=1S/C19H16N4S/c1-12-3-4-14(9-13(12)2)15-10-17-16(21-11-15)5-6-18(22-17)23-19-20-7-8-24-19/h3-11H,1-2H3,(H,20,22,23). The van der Waals surface area contributed by atoms with Crippen LogP contribution in [0, 0.1) is 13.8 Å². The van der Waals surface area contributed by atoms with Gasteiger partial charge >= 0.3 is 0 Å². The summed E-state index contributed by atoms with van der Waals surface area (Å²) in [5, 5.41) is 5.99. The minimum Gasteiger partial charge on any atom is -0.316 e. The van der Waals surface area contributed by atoms with Crippen LogP contribution in [-0.2, 0) is 0 Å². The highest BCUT2D eigenvalue weighted by molar-refractivity contribution is 7.13. The van der Waals surface area contributed by atoms with Crippen LogP contribution in [0.4, 0.5) is 10.9 Å². The van der Waals surface area contributed by atoms with Gasteiger partial charge in [-0.05, 0) is 48.7 Å². The van der Waals surface area contributed by atoms with Gasteiger partial charge in [0.15, 0.2) is 5.13 Å². The number of aromatic nitrogens is 3. The van der Waals surface area contributed by atoms with Gasteiger partial charge in [0, 0.05) is 23.3 Å². The molecule has 0 unspecified atom stereocenters. The number of pyridine rings is 2. The van der Waals surface area contributed by atoms with Crippen molar-refractivity contribution < 1.29 is 0 Å². The highest BCUT2D eigenvalue weighted by atomic mass is 32.1. The Hall–Kier alpha value is -2.79. The Morgan fingerprint density at radius 3 is 2.58 bits per heavy atom. The Bertz CT molecular complexity index is 1010. The van der Waals surface area contributed by atoms with Crippen molar-refractivity contribution in [1.29, 1.82) is 0 Å². The van der Waals surface area contributed by atoms with E-state index in [2.05, 4.69) is 58.4 Å². The van der Waals surface area contributed by atoms with E-state index in [0.717, 1.165) is 33.1 Å². The molecule has 24 heavy (non-hydrogen) atoms. The summed E-state index contributed by atoms with van der Waals surface area (Å²) in [4.78, 5) is 13.4. The maximum Gasteiger partial charge on any atom is 0.188 e. The molecule has 4 nitrogen and oxygen atoms in total. The lowest BCUT2D eigenvalue weighted by Crippen LogP contribution is -1.94. The zero-order chi connectivity index (χ0) is 16.5. The minimum absolute atomic E-state index is 0.775. The second kappa shape index (κ2) is 6.02. The minimum atomic E-state index is 0.775. The van der Waals surface area contributed by atoms with Gasteiger partial charge in [0.25, 0.3) is 0 Å². The van der Waals surface area contributed by atoms with E-state index >= 15 is 0 Å². The summed E-state index contributed by atoms with van der Waals surface area (Å²) < 4.78 is 0. The van der Waals surface area contributed by atoms with Crippen molar-refractivity contribution in [1.82, 2.24) is 15.0 Å². The summed E-state index contributed by atoms with van der Waals surface area (Å²) in [6.45, 7) is 4.25. The molecule has 3 heterocycles. The van der Waals surface area contributed by atoms with Crippen LogP contribution in [0.15, 0.2) is 54.2 Å². The van der Waals surface area contributed by atoms with Crippen molar-refractivity contribution in [2.24, 2.45) is 0 Å². The molecule has 0 bridgehead atoms. The first-order valence-electron chi connectivity index (χ1n) is 7.70. The summed E-state index contributed by atoms with van der Waals surface area (Å²) in [7, 11) is 0. The highest BCUT2D eigenvalue weighted by Crippen LogP contribution is 2.25. The summed E-state index contributed by atoms with van der Waals surface area (Å²) >= 11 is 1.55. The average Bonchev–Trinajstić information content (AvgIpc) is 3.10. The predicted molar refractivity (Wildman–Crippen MR) is 99.8 cm³/mol. The SMILES string of the molecule is Cc1ccc(-c2cnc3ccc(Nc4nccs4)nc3c2)cc1C. The van der Waals surface area contributed by atoms with Gasteiger partial charge in [-0.25, -0.2) is 9.97 Å². The molecular weight excluding hydrogens is 316 g/mol. The van der Waals surface area contributed by atoms with Gasteiger partial charge in [-0.3, -0.25) is 4.98 Å². The summed E-state index contributed by atoms with van der Waals surface area (Å²) in [5.74, 6) is 0.775. The monoisotopic (exact) mass is 332 g/mol. The van der Waals surface area contributed by atoms with Crippen molar-refractivity contribution in [3.63, 3.8) is 0 Å². The van der Waals surface area contributed by atoms with Crippen LogP contribution in [0.3, 0.4) is 0 Å². The van der Waals surface area contributed by atoms with Crippen molar-refractivity contribution in [2.75, 3.05) is 5.32 Å². The fourth-order valence-electron chi connectivity index (χ4n) is 2.55. The number of fused-ring (bicyclic) bond motifs is 1. The molecule has 4 aromatic rings. The summed E-state index contributed by atoms with van der Waals surface area (Å²) in [6, 6.07) is 12.4. The van der Waals surface area contributed by atoms with E-state index in [1.165, 1.54) is 11.1 Å². The lowest BCUT2D eigenvalue weighted by atomic mass is 10.0. The fraction of sp³-hybridized carbons (Fsp3) is 0.105. The molecule has 3 aromatic heterocycles. The van der Waals surface area contributed by atoms with Gasteiger partial charge in [-0.1, -0.05) is 18.2 Å². The van der Waals surface area contributed by atoms with E-state index < -0.39 is 0 Å². The number of hydrogen-bond donors (Lipinski definition) is 1. The van der Waals surface area contributed by atoms with E-state index in [9.17, 15) is 0 Å². The fourth-order valence-corrected chi connectivity index (χ4v) is 3.09. The number of hydrogen-bond acceptors (Lipinski definition) is 5. The van der Waals surface area contributed by atoms with Gasteiger partial charge in [-0.2, -0.15) is 0 Å². The van der Waals surface area contributed by atoms with Crippen LogP contribution in [-0.4, -0.2) is 15.0 Å². The van der Waals surface area contributed by atoms with E-state index in [1.54, 1.807) is 17.5 Å². The quantitative estimate of drug-likeness (QED) is 0.566. The number of anilines is 2. The smallest absolute Gasteiger partial charge is 0.188 e. The Labute approximate surface area is 144 Å². The van der Waals surface area contributed by atoms with Gasteiger partial charge in [0.1, 0.15) is 5.82 Å².